The molecule has 0 fully saturated rings. The van der Waals surface area contributed by atoms with Crippen molar-refractivity contribution in [3.63, 3.8) is 0 Å². The SMILES string of the molecule is CN(C)CCN(Cc1ccc(Cl)c(Cl)c1)C(=O)c1nc2cccc(Br)n2c1-c1ccc(F)cc1Cl. The second-order valence-electron chi connectivity index (χ2n) is 8.25. The van der Waals surface area contributed by atoms with Crippen LogP contribution >= 0.6 is 50.7 Å². The zero-order valence-electron chi connectivity index (χ0n) is 18.9. The highest BCUT2D eigenvalue weighted by atomic mass is 79.9. The van der Waals surface area contributed by atoms with Crippen LogP contribution in [0, 0.1) is 5.82 Å². The van der Waals surface area contributed by atoms with Gasteiger partial charge in [-0.05, 0) is 78.1 Å². The Hall–Kier alpha value is -2.16. The molecule has 0 N–H and O–H groups in total. The minimum Gasteiger partial charge on any atom is -0.332 e. The van der Waals surface area contributed by atoms with E-state index in [1.807, 2.05) is 37.2 Å². The molecular formula is C25H21BrCl3FN4O. The average molecular weight is 599 g/mol. The van der Waals surface area contributed by atoms with Gasteiger partial charge in [0.2, 0.25) is 0 Å². The molecule has 0 saturated heterocycles. The molecule has 0 aliphatic rings. The van der Waals surface area contributed by atoms with Crippen molar-refractivity contribution in [3.05, 3.63) is 91.3 Å². The molecule has 2 aromatic carbocycles. The van der Waals surface area contributed by atoms with Gasteiger partial charge in [-0.25, -0.2) is 9.37 Å². The third kappa shape index (κ3) is 5.65. The zero-order valence-corrected chi connectivity index (χ0v) is 22.8. The quantitative estimate of drug-likeness (QED) is 0.214. The molecule has 0 spiro atoms. The van der Waals surface area contributed by atoms with Gasteiger partial charge in [0.25, 0.3) is 5.91 Å². The molecule has 182 valence electrons. The number of aromatic nitrogens is 2. The fraction of sp³-hybridized carbons (Fsp3) is 0.200. The fourth-order valence-corrected chi connectivity index (χ4v) is 4.80. The molecule has 4 aromatic rings. The van der Waals surface area contributed by atoms with Crippen LogP contribution in [0.15, 0.2) is 59.2 Å². The van der Waals surface area contributed by atoms with Crippen molar-refractivity contribution < 1.29 is 9.18 Å². The van der Waals surface area contributed by atoms with Crippen molar-refractivity contribution in [1.82, 2.24) is 19.2 Å². The van der Waals surface area contributed by atoms with E-state index in [1.165, 1.54) is 12.1 Å². The van der Waals surface area contributed by atoms with E-state index in [4.69, 9.17) is 34.8 Å². The van der Waals surface area contributed by atoms with Gasteiger partial charge in [-0.1, -0.05) is 46.9 Å². The van der Waals surface area contributed by atoms with Gasteiger partial charge in [0.15, 0.2) is 5.69 Å². The number of nitrogens with zero attached hydrogens (tertiary/aromatic N) is 4. The van der Waals surface area contributed by atoms with Crippen LogP contribution in [-0.4, -0.2) is 52.3 Å². The number of rotatable bonds is 7. The lowest BCUT2D eigenvalue weighted by Crippen LogP contribution is -2.36. The van der Waals surface area contributed by atoms with Gasteiger partial charge in [-0.2, -0.15) is 0 Å². The van der Waals surface area contributed by atoms with Gasteiger partial charge in [0, 0.05) is 25.2 Å². The first-order valence-corrected chi connectivity index (χ1v) is 12.6. The van der Waals surface area contributed by atoms with Crippen molar-refractivity contribution in [2.45, 2.75) is 6.54 Å². The second-order valence-corrected chi connectivity index (χ2v) is 10.3. The number of carbonyl (C=O) groups excluding carboxylic acids is 1. The molecule has 2 heterocycles. The molecule has 35 heavy (non-hydrogen) atoms. The highest BCUT2D eigenvalue weighted by Gasteiger charge is 2.27. The lowest BCUT2D eigenvalue weighted by atomic mass is 10.1. The molecule has 0 atom stereocenters. The summed E-state index contributed by atoms with van der Waals surface area (Å²) in [7, 11) is 3.88. The van der Waals surface area contributed by atoms with Crippen LogP contribution in [-0.2, 0) is 6.54 Å². The first-order valence-electron chi connectivity index (χ1n) is 10.7. The van der Waals surface area contributed by atoms with Gasteiger partial charge < -0.3 is 9.80 Å². The summed E-state index contributed by atoms with van der Waals surface area (Å²) in [4.78, 5) is 22.4. The van der Waals surface area contributed by atoms with Gasteiger partial charge >= 0.3 is 0 Å². The molecule has 0 saturated carbocycles. The predicted octanol–water partition coefficient (Wildman–Crippen LogP) is 7.07. The number of amides is 1. The molecule has 0 radical (unpaired) electrons. The predicted molar refractivity (Wildman–Crippen MR) is 143 cm³/mol. The minimum absolute atomic E-state index is 0.181. The Labute approximate surface area is 226 Å². The lowest BCUT2D eigenvalue weighted by Gasteiger charge is -2.24. The lowest BCUT2D eigenvalue weighted by molar-refractivity contribution is 0.0727. The molecule has 2 aromatic heterocycles. The summed E-state index contributed by atoms with van der Waals surface area (Å²) < 4.78 is 16.3. The van der Waals surface area contributed by atoms with Crippen LogP contribution in [0.2, 0.25) is 15.1 Å². The second kappa shape index (κ2) is 10.8. The van der Waals surface area contributed by atoms with E-state index in [-0.39, 0.29) is 16.6 Å². The van der Waals surface area contributed by atoms with Gasteiger partial charge in [0.1, 0.15) is 11.5 Å². The number of hydrogen-bond acceptors (Lipinski definition) is 3. The number of benzene rings is 2. The molecule has 0 bridgehead atoms. The van der Waals surface area contributed by atoms with E-state index in [9.17, 15) is 9.18 Å². The highest BCUT2D eigenvalue weighted by Crippen LogP contribution is 2.35. The van der Waals surface area contributed by atoms with Crippen molar-refractivity contribution in [3.8, 4) is 11.3 Å². The van der Waals surface area contributed by atoms with Crippen molar-refractivity contribution in [2.24, 2.45) is 0 Å². The maximum atomic E-state index is 14.0. The molecule has 1 amide bonds. The van der Waals surface area contributed by atoms with Gasteiger partial charge in [-0.3, -0.25) is 9.20 Å². The molecule has 10 heteroatoms. The standard InChI is InChI=1S/C25H21BrCl3FN4O/c1-32(2)10-11-33(14-15-6-9-18(27)20(29)12-15)25(35)23-24(17-8-7-16(30)13-19(17)28)34-21(26)4-3-5-22(34)31-23/h3-9,12-13H,10-11,14H2,1-2H3. The van der Waals surface area contributed by atoms with E-state index in [0.29, 0.717) is 51.2 Å². The Kier molecular flexibility index (Phi) is 8.03. The van der Waals surface area contributed by atoms with Crippen molar-refractivity contribution in [1.29, 1.82) is 0 Å². The van der Waals surface area contributed by atoms with Crippen LogP contribution in [0.4, 0.5) is 4.39 Å². The Morgan fingerprint density at radius 1 is 1.00 bits per heavy atom. The van der Waals surface area contributed by atoms with Crippen LogP contribution in [0.3, 0.4) is 0 Å². The number of hydrogen-bond donors (Lipinski definition) is 0. The maximum absolute atomic E-state index is 14.0. The summed E-state index contributed by atoms with van der Waals surface area (Å²) >= 11 is 22.3. The number of imidazole rings is 1. The van der Waals surface area contributed by atoms with Crippen LogP contribution in [0.1, 0.15) is 16.1 Å². The topological polar surface area (TPSA) is 40.8 Å². The Balaban J connectivity index is 1.85. The number of pyridine rings is 1. The number of halogens is 5. The molecule has 0 aliphatic heterocycles. The summed E-state index contributed by atoms with van der Waals surface area (Å²) in [6.07, 6.45) is 0. The largest absolute Gasteiger partial charge is 0.332 e. The van der Waals surface area contributed by atoms with Crippen molar-refractivity contribution in [2.75, 3.05) is 27.2 Å². The summed E-state index contributed by atoms with van der Waals surface area (Å²) in [6.45, 7) is 1.38. The van der Waals surface area contributed by atoms with Crippen LogP contribution in [0.25, 0.3) is 16.9 Å². The Bertz CT molecular complexity index is 1410. The number of likely N-dealkylation sites (N-methyl/N-ethyl adjacent to an activating group) is 1. The number of carbonyl (C=O) groups is 1. The Morgan fingerprint density at radius 3 is 2.46 bits per heavy atom. The van der Waals surface area contributed by atoms with Crippen molar-refractivity contribution >= 4 is 62.3 Å². The first kappa shape index (κ1) is 25.9. The summed E-state index contributed by atoms with van der Waals surface area (Å²) in [5.74, 6) is -0.754. The monoisotopic (exact) mass is 596 g/mol. The minimum atomic E-state index is -0.466. The first-order chi connectivity index (χ1) is 16.7. The van der Waals surface area contributed by atoms with Crippen LogP contribution in [0.5, 0.6) is 0 Å². The third-order valence-electron chi connectivity index (χ3n) is 5.45. The molecule has 0 unspecified atom stereocenters. The average Bonchev–Trinajstić information content (AvgIpc) is 3.19. The van der Waals surface area contributed by atoms with E-state index >= 15 is 0 Å². The molecule has 4 rings (SSSR count). The number of fused-ring (bicyclic) bond motifs is 1. The van der Waals surface area contributed by atoms with E-state index in [1.54, 1.807) is 33.6 Å². The van der Waals surface area contributed by atoms with E-state index < -0.39 is 5.82 Å². The molecular weight excluding hydrogens is 578 g/mol. The maximum Gasteiger partial charge on any atom is 0.275 e. The van der Waals surface area contributed by atoms with Gasteiger partial charge in [0.05, 0.1) is 25.4 Å². The molecule has 5 nitrogen and oxygen atoms in total. The smallest absolute Gasteiger partial charge is 0.275 e. The summed E-state index contributed by atoms with van der Waals surface area (Å²) in [5, 5.41) is 1.04. The van der Waals surface area contributed by atoms with E-state index in [0.717, 1.165) is 5.56 Å². The molecule has 0 aliphatic carbocycles. The Morgan fingerprint density at radius 2 is 1.77 bits per heavy atom. The summed E-state index contributed by atoms with van der Waals surface area (Å²) in [5.41, 5.74) is 2.58. The summed E-state index contributed by atoms with van der Waals surface area (Å²) in [6, 6.07) is 14.8. The third-order valence-corrected chi connectivity index (χ3v) is 7.12. The van der Waals surface area contributed by atoms with Crippen LogP contribution < -0.4 is 0 Å². The highest BCUT2D eigenvalue weighted by molar-refractivity contribution is 9.10. The zero-order chi connectivity index (χ0) is 25.3. The van der Waals surface area contributed by atoms with Gasteiger partial charge in [-0.15, -0.1) is 0 Å². The van der Waals surface area contributed by atoms with E-state index in [2.05, 4.69) is 20.9 Å². The fourth-order valence-electron chi connectivity index (χ4n) is 3.71. The normalized spacial score (nSPS) is 11.4.